The van der Waals surface area contributed by atoms with E-state index in [9.17, 15) is 9.18 Å². The lowest BCUT2D eigenvalue weighted by Gasteiger charge is -2.20. The van der Waals surface area contributed by atoms with E-state index in [0.29, 0.717) is 6.54 Å². The molecule has 16 heavy (non-hydrogen) atoms. The van der Waals surface area contributed by atoms with E-state index in [1.807, 2.05) is 22.6 Å². The minimum absolute atomic E-state index is 0.296. The van der Waals surface area contributed by atoms with E-state index in [0.717, 1.165) is 9.26 Å². The predicted octanol–water partition coefficient (Wildman–Crippen LogP) is 2.95. The van der Waals surface area contributed by atoms with Crippen LogP contribution in [0.4, 0.5) is 10.1 Å². The Morgan fingerprint density at radius 2 is 2.19 bits per heavy atom. The zero-order valence-corrected chi connectivity index (χ0v) is 11.2. The van der Waals surface area contributed by atoms with Crippen LogP contribution in [-0.2, 0) is 4.79 Å². The van der Waals surface area contributed by atoms with Crippen LogP contribution >= 0.6 is 22.6 Å². The van der Waals surface area contributed by atoms with Gasteiger partial charge in [-0.2, -0.15) is 0 Å². The van der Waals surface area contributed by atoms with Crippen molar-refractivity contribution in [2.75, 3.05) is 11.9 Å². The molecule has 0 radical (unpaired) electrons. The van der Waals surface area contributed by atoms with Gasteiger partial charge in [0.1, 0.15) is 5.82 Å². The number of nitrogens with one attached hydrogen (secondary N) is 1. The summed E-state index contributed by atoms with van der Waals surface area (Å²) < 4.78 is 13.6. The van der Waals surface area contributed by atoms with E-state index in [1.165, 1.54) is 12.1 Å². The number of rotatable bonds is 4. The van der Waals surface area contributed by atoms with Crippen molar-refractivity contribution < 1.29 is 14.3 Å². The van der Waals surface area contributed by atoms with Gasteiger partial charge in [0.25, 0.3) is 0 Å². The Balaban J connectivity index is 2.72. The molecule has 0 saturated heterocycles. The molecule has 0 spiro atoms. The van der Waals surface area contributed by atoms with Crippen molar-refractivity contribution in [3.8, 4) is 0 Å². The number of anilines is 1. The van der Waals surface area contributed by atoms with Crippen LogP contribution in [0.5, 0.6) is 0 Å². The Bertz CT molecular complexity index is 407. The number of benzene rings is 1. The van der Waals surface area contributed by atoms with Crippen LogP contribution in [0.25, 0.3) is 0 Å². The van der Waals surface area contributed by atoms with Crippen molar-refractivity contribution >= 4 is 34.2 Å². The summed E-state index contributed by atoms with van der Waals surface area (Å²) in [4.78, 5) is 10.9. The summed E-state index contributed by atoms with van der Waals surface area (Å²) >= 11 is 2.00. The van der Waals surface area contributed by atoms with E-state index >= 15 is 0 Å². The van der Waals surface area contributed by atoms with Crippen LogP contribution in [0.3, 0.4) is 0 Å². The Morgan fingerprint density at radius 3 is 2.69 bits per heavy atom. The third-order valence-electron chi connectivity index (χ3n) is 2.23. The first-order valence-corrected chi connectivity index (χ1v) is 5.83. The minimum Gasteiger partial charge on any atom is -0.481 e. The maximum absolute atomic E-state index is 12.8. The summed E-state index contributed by atoms with van der Waals surface area (Å²) in [7, 11) is 0. The summed E-state index contributed by atoms with van der Waals surface area (Å²) in [6.07, 6.45) is 0. The molecule has 0 saturated carbocycles. The molecule has 1 rings (SSSR count). The molecule has 2 N–H and O–H groups in total. The number of aliphatic carboxylic acids is 1. The molecule has 0 aliphatic rings. The molecule has 0 aliphatic carbocycles. The molecule has 0 unspecified atom stereocenters. The molecule has 0 bridgehead atoms. The maximum atomic E-state index is 12.8. The fourth-order valence-corrected chi connectivity index (χ4v) is 1.69. The Hall–Kier alpha value is -0.850. The van der Waals surface area contributed by atoms with Gasteiger partial charge in [-0.3, -0.25) is 4.79 Å². The molecule has 0 fully saturated rings. The van der Waals surface area contributed by atoms with Crippen LogP contribution < -0.4 is 5.32 Å². The van der Waals surface area contributed by atoms with Crippen molar-refractivity contribution in [2.45, 2.75) is 13.8 Å². The monoisotopic (exact) mass is 337 g/mol. The Kier molecular flexibility index (Phi) is 4.12. The third-order valence-corrected chi connectivity index (χ3v) is 3.12. The molecule has 0 aromatic heterocycles. The molecule has 3 nitrogen and oxygen atoms in total. The molecule has 1 aromatic rings. The number of hydrogen-bond donors (Lipinski definition) is 2. The highest BCUT2D eigenvalue weighted by Crippen LogP contribution is 2.22. The maximum Gasteiger partial charge on any atom is 0.310 e. The highest BCUT2D eigenvalue weighted by Gasteiger charge is 2.26. The fraction of sp³-hybridized carbons (Fsp3) is 0.364. The average Bonchev–Trinajstić information content (AvgIpc) is 2.16. The summed E-state index contributed by atoms with van der Waals surface area (Å²) in [6, 6.07) is 4.35. The van der Waals surface area contributed by atoms with Gasteiger partial charge >= 0.3 is 5.97 Å². The molecular weight excluding hydrogens is 324 g/mol. The zero-order chi connectivity index (χ0) is 12.3. The molecule has 5 heteroatoms. The highest BCUT2D eigenvalue weighted by molar-refractivity contribution is 14.1. The van der Waals surface area contributed by atoms with Gasteiger partial charge in [0.15, 0.2) is 0 Å². The van der Waals surface area contributed by atoms with Crippen molar-refractivity contribution in [3.05, 3.63) is 27.6 Å². The number of carbonyl (C=O) groups is 1. The first-order valence-electron chi connectivity index (χ1n) is 4.75. The zero-order valence-electron chi connectivity index (χ0n) is 9.05. The van der Waals surface area contributed by atoms with E-state index in [1.54, 1.807) is 19.9 Å². The molecule has 0 atom stereocenters. The average molecular weight is 337 g/mol. The number of carboxylic acids is 1. The lowest BCUT2D eigenvalue weighted by Crippen LogP contribution is -2.31. The van der Waals surface area contributed by atoms with Gasteiger partial charge in [-0.1, -0.05) is 0 Å². The Morgan fingerprint density at radius 1 is 1.56 bits per heavy atom. The standard InChI is InChI=1S/C11H13FINO2/c1-11(2,10(15)16)6-14-9-4-3-7(12)5-8(9)13/h3-5,14H,6H2,1-2H3,(H,15,16). The lowest BCUT2D eigenvalue weighted by molar-refractivity contribution is -0.146. The number of hydrogen-bond acceptors (Lipinski definition) is 2. The van der Waals surface area contributed by atoms with Gasteiger partial charge in [0.05, 0.1) is 5.41 Å². The van der Waals surface area contributed by atoms with E-state index < -0.39 is 11.4 Å². The molecule has 88 valence electrons. The van der Waals surface area contributed by atoms with Crippen LogP contribution in [0.2, 0.25) is 0 Å². The second-order valence-corrected chi connectivity index (χ2v) is 5.33. The normalized spacial score (nSPS) is 11.2. The van der Waals surface area contributed by atoms with Crippen LogP contribution in [0.15, 0.2) is 18.2 Å². The number of halogens is 2. The fourth-order valence-electron chi connectivity index (χ4n) is 1.02. The van der Waals surface area contributed by atoms with Gasteiger partial charge < -0.3 is 10.4 Å². The topological polar surface area (TPSA) is 49.3 Å². The van der Waals surface area contributed by atoms with Gasteiger partial charge in [0.2, 0.25) is 0 Å². The van der Waals surface area contributed by atoms with Gasteiger partial charge in [-0.15, -0.1) is 0 Å². The summed E-state index contributed by atoms with van der Waals surface area (Å²) in [5.74, 6) is -1.16. The quantitative estimate of drug-likeness (QED) is 0.831. The summed E-state index contributed by atoms with van der Waals surface area (Å²) in [5, 5.41) is 11.9. The van der Waals surface area contributed by atoms with Crippen molar-refractivity contribution in [1.82, 2.24) is 0 Å². The first-order chi connectivity index (χ1) is 7.33. The van der Waals surface area contributed by atoms with Crippen LogP contribution in [-0.4, -0.2) is 17.6 Å². The predicted molar refractivity (Wildman–Crippen MR) is 69.0 cm³/mol. The first kappa shape index (κ1) is 13.2. The Labute approximate surface area is 107 Å². The molecule has 0 amide bonds. The van der Waals surface area contributed by atoms with E-state index in [-0.39, 0.29) is 5.82 Å². The second kappa shape index (κ2) is 4.99. The van der Waals surface area contributed by atoms with E-state index in [4.69, 9.17) is 5.11 Å². The largest absolute Gasteiger partial charge is 0.481 e. The van der Waals surface area contributed by atoms with Gasteiger partial charge in [-0.05, 0) is 54.6 Å². The second-order valence-electron chi connectivity index (χ2n) is 4.17. The third kappa shape index (κ3) is 3.33. The minimum atomic E-state index is -0.864. The molecule has 0 aliphatic heterocycles. The molecule has 1 aromatic carbocycles. The number of carboxylic acid groups (broad SMARTS) is 1. The molecular formula is C11H13FINO2. The van der Waals surface area contributed by atoms with E-state index in [2.05, 4.69) is 5.32 Å². The van der Waals surface area contributed by atoms with Crippen LogP contribution in [0, 0.1) is 14.8 Å². The lowest BCUT2D eigenvalue weighted by atomic mass is 9.94. The summed E-state index contributed by atoms with van der Waals surface area (Å²) in [5.41, 5.74) is -0.103. The van der Waals surface area contributed by atoms with Gasteiger partial charge in [-0.25, -0.2) is 4.39 Å². The van der Waals surface area contributed by atoms with Crippen LogP contribution in [0.1, 0.15) is 13.8 Å². The smallest absolute Gasteiger partial charge is 0.310 e. The van der Waals surface area contributed by atoms with Crippen molar-refractivity contribution in [2.24, 2.45) is 5.41 Å². The van der Waals surface area contributed by atoms with Crippen molar-refractivity contribution in [3.63, 3.8) is 0 Å². The SMILES string of the molecule is CC(C)(CNc1ccc(F)cc1I)C(=O)O. The van der Waals surface area contributed by atoms with Crippen molar-refractivity contribution in [1.29, 1.82) is 0 Å². The van der Waals surface area contributed by atoms with Gasteiger partial charge in [0, 0.05) is 15.8 Å². The molecule has 0 heterocycles. The summed E-state index contributed by atoms with van der Waals surface area (Å²) in [6.45, 7) is 3.57. The highest BCUT2D eigenvalue weighted by atomic mass is 127.